The molecule has 0 radical (unpaired) electrons. The molecule has 0 bridgehead atoms. The molecule has 1 aromatic carbocycles. The first-order valence-electron chi connectivity index (χ1n) is 6.90. The topological polar surface area (TPSA) is 108 Å². The van der Waals surface area contributed by atoms with E-state index in [1.165, 1.54) is 24.3 Å². The van der Waals surface area contributed by atoms with E-state index in [4.69, 9.17) is 9.26 Å². The van der Waals surface area contributed by atoms with Crippen molar-refractivity contribution in [1.82, 2.24) is 5.16 Å². The van der Waals surface area contributed by atoms with Crippen LogP contribution >= 0.6 is 0 Å². The summed E-state index contributed by atoms with van der Waals surface area (Å²) in [6, 6.07) is 7.12. The fraction of sp³-hybridized carbons (Fsp3) is 0.333. The van der Waals surface area contributed by atoms with Gasteiger partial charge in [-0.15, -0.1) is 0 Å². The Balaban J connectivity index is 1.87. The number of benzene rings is 1. The Labute approximate surface area is 132 Å². The van der Waals surface area contributed by atoms with Gasteiger partial charge in [-0.05, 0) is 12.1 Å². The number of nitro groups is 1. The molecule has 1 amide bonds. The first-order chi connectivity index (χ1) is 10.8. The maximum absolute atomic E-state index is 11.8. The number of aromatic nitrogens is 1. The zero-order chi connectivity index (χ0) is 17.0. The zero-order valence-electron chi connectivity index (χ0n) is 13.0. The summed E-state index contributed by atoms with van der Waals surface area (Å²) in [6.07, 6.45) is 0. The summed E-state index contributed by atoms with van der Waals surface area (Å²) in [7, 11) is 0. The third kappa shape index (κ3) is 4.53. The summed E-state index contributed by atoms with van der Waals surface area (Å²) in [6.45, 7) is 5.69. The van der Waals surface area contributed by atoms with Gasteiger partial charge in [0.25, 0.3) is 11.6 Å². The average molecular weight is 319 g/mol. The smallest absolute Gasteiger partial charge is 0.269 e. The van der Waals surface area contributed by atoms with Gasteiger partial charge in [0.2, 0.25) is 5.88 Å². The number of nitro benzene ring substituents is 1. The molecule has 8 nitrogen and oxygen atoms in total. The number of carbonyl (C=O) groups is 1. The van der Waals surface area contributed by atoms with E-state index in [1.807, 2.05) is 20.8 Å². The maximum atomic E-state index is 11.8. The number of ether oxygens (including phenoxy) is 1. The highest BCUT2D eigenvalue weighted by molar-refractivity contribution is 5.90. The molecule has 0 atom stereocenters. The van der Waals surface area contributed by atoms with Gasteiger partial charge in [-0.1, -0.05) is 25.9 Å². The quantitative estimate of drug-likeness (QED) is 0.670. The van der Waals surface area contributed by atoms with Crippen LogP contribution in [0.1, 0.15) is 26.5 Å². The standard InChI is InChI=1S/C15H17N3O5/c1-15(2,3)12-8-14(23-17-12)16-13(19)9-22-11-6-4-10(5-7-11)18(20)21/h4-8H,9H2,1-3H3,(H,16,19). The van der Waals surface area contributed by atoms with Crippen LogP contribution in [0.5, 0.6) is 5.75 Å². The molecule has 0 saturated carbocycles. The predicted molar refractivity (Wildman–Crippen MR) is 82.4 cm³/mol. The number of nitrogens with one attached hydrogen (secondary N) is 1. The first-order valence-corrected chi connectivity index (χ1v) is 6.90. The van der Waals surface area contributed by atoms with E-state index >= 15 is 0 Å². The lowest BCUT2D eigenvalue weighted by Gasteiger charge is -2.12. The van der Waals surface area contributed by atoms with E-state index in [0.717, 1.165) is 5.69 Å². The van der Waals surface area contributed by atoms with Crippen molar-refractivity contribution >= 4 is 17.5 Å². The summed E-state index contributed by atoms with van der Waals surface area (Å²) in [4.78, 5) is 21.8. The van der Waals surface area contributed by atoms with Crippen LogP contribution in [0.3, 0.4) is 0 Å². The Morgan fingerprint density at radius 1 is 1.35 bits per heavy atom. The van der Waals surface area contributed by atoms with Gasteiger partial charge >= 0.3 is 0 Å². The molecule has 122 valence electrons. The van der Waals surface area contributed by atoms with Crippen LogP contribution in [0.2, 0.25) is 0 Å². The van der Waals surface area contributed by atoms with E-state index in [2.05, 4.69) is 10.5 Å². The highest BCUT2D eigenvalue weighted by Gasteiger charge is 2.19. The number of rotatable bonds is 5. The highest BCUT2D eigenvalue weighted by Crippen LogP contribution is 2.23. The van der Waals surface area contributed by atoms with Gasteiger partial charge < -0.3 is 9.26 Å². The van der Waals surface area contributed by atoms with Gasteiger partial charge in [0.15, 0.2) is 6.61 Å². The molecule has 2 aromatic rings. The van der Waals surface area contributed by atoms with Gasteiger partial charge in [0, 0.05) is 23.6 Å². The molecule has 0 spiro atoms. The van der Waals surface area contributed by atoms with Crippen LogP contribution in [0, 0.1) is 10.1 Å². The average Bonchev–Trinajstić information content (AvgIpc) is 2.94. The zero-order valence-corrected chi connectivity index (χ0v) is 13.0. The summed E-state index contributed by atoms with van der Waals surface area (Å²) in [5, 5.41) is 17.0. The number of hydrogen-bond donors (Lipinski definition) is 1. The second-order valence-electron chi connectivity index (χ2n) is 5.91. The van der Waals surface area contributed by atoms with Crippen LogP contribution in [0.15, 0.2) is 34.9 Å². The second-order valence-corrected chi connectivity index (χ2v) is 5.91. The summed E-state index contributed by atoms with van der Waals surface area (Å²) in [5.41, 5.74) is 0.504. The lowest BCUT2D eigenvalue weighted by molar-refractivity contribution is -0.384. The lowest BCUT2D eigenvalue weighted by atomic mass is 9.92. The van der Waals surface area contributed by atoms with Gasteiger partial charge in [-0.25, -0.2) is 0 Å². The normalized spacial score (nSPS) is 11.1. The predicted octanol–water partition coefficient (Wildman–Crippen LogP) is 2.90. The summed E-state index contributed by atoms with van der Waals surface area (Å²) < 4.78 is 10.3. The molecule has 1 aromatic heterocycles. The molecule has 0 aliphatic carbocycles. The van der Waals surface area contributed by atoms with Gasteiger partial charge in [0.05, 0.1) is 10.6 Å². The molecular weight excluding hydrogens is 302 g/mol. The van der Waals surface area contributed by atoms with Crippen molar-refractivity contribution in [2.75, 3.05) is 11.9 Å². The van der Waals surface area contributed by atoms with E-state index in [0.29, 0.717) is 5.75 Å². The molecule has 8 heteroatoms. The molecule has 0 aliphatic heterocycles. The SMILES string of the molecule is CC(C)(C)c1cc(NC(=O)COc2ccc([N+](=O)[O-])cc2)on1. The third-order valence-electron chi connectivity index (χ3n) is 2.96. The molecule has 0 saturated heterocycles. The third-order valence-corrected chi connectivity index (χ3v) is 2.96. The van der Waals surface area contributed by atoms with E-state index in [1.54, 1.807) is 6.07 Å². The Hall–Kier alpha value is -2.90. The molecule has 23 heavy (non-hydrogen) atoms. The summed E-state index contributed by atoms with van der Waals surface area (Å²) in [5.74, 6) is 0.186. The highest BCUT2D eigenvalue weighted by atomic mass is 16.6. The molecule has 0 aliphatic rings. The lowest BCUT2D eigenvalue weighted by Crippen LogP contribution is -2.19. The Morgan fingerprint density at radius 3 is 2.52 bits per heavy atom. The number of nitrogens with zero attached hydrogens (tertiary/aromatic N) is 2. The van der Waals surface area contributed by atoms with Crippen molar-refractivity contribution in [2.45, 2.75) is 26.2 Å². The van der Waals surface area contributed by atoms with Crippen LogP contribution < -0.4 is 10.1 Å². The van der Waals surface area contributed by atoms with E-state index in [-0.39, 0.29) is 23.6 Å². The molecule has 2 rings (SSSR count). The fourth-order valence-corrected chi connectivity index (χ4v) is 1.67. The van der Waals surface area contributed by atoms with Crippen molar-refractivity contribution in [3.05, 3.63) is 46.1 Å². The Bertz CT molecular complexity index is 701. The number of hydrogen-bond acceptors (Lipinski definition) is 6. The van der Waals surface area contributed by atoms with Crippen LogP contribution in [-0.2, 0) is 10.2 Å². The van der Waals surface area contributed by atoms with Crippen LogP contribution in [-0.4, -0.2) is 22.6 Å². The number of non-ortho nitro benzene ring substituents is 1. The van der Waals surface area contributed by atoms with Crippen molar-refractivity contribution in [3.8, 4) is 5.75 Å². The first kappa shape index (κ1) is 16.5. The second kappa shape index (κ2) is 6.47. The fourth-order valence-electron chi connectivity index (χ4n) is 1.67. The van der Waals surface area contributed by atoms with Gasteiger partial charge in [-0.2, -0.15) is 0 Å². The number of anilines is 1. The minimum Gasteiger partial charge on any atom is -0.484 e. The van der Waals surface area contributed by atoms with Crippen LogP contribution in [0.25, 0.3) is 0 Å². The molecule has 1 N–H and O–H groups in total. The maximum Gasteiger partial charge on any atom is 0.269 e. The van der Waals surface area contributed by atoms with Gasteiger partial charge in [0.1, 0.15) is 5.75 Å². The Kier molecular flexibility index (Phi) is 4.63. The van der Waals surface area contributed by atoms with Crippen molar-refractivity contribution in [3.63, 3.8) is 0 Å². The molecule has 0 fully saturated rings. The van der Waals surface area contributed by atoms with Crippen molar-refractivity contribution in [2.24, 2.45) is 0 Å². The minimum absolute atomic E-state index is 0.0434. The number of carbonyl (C=O) groups excluding carboxylic acids is 1. The largest absolute Gasteiger partial charge is 0.484 e. The van der Waals surface area contributed by atoms with Crippen LogP contribution in [0.4, 0.5) is 11.6 Å². The molecule has 0 unspecified atom stereocenters. The van der Waals surface area contributed by atoms with Crippen molar-refractivity contribution in [1.29, 1.82) is 0 Å². The van der Waals surface area contributed by atoms with Crippen molar-refractivity contribution < 1.29 is 19.0 Å². The van der Waals surface area contributed by atoms with E-state index < -0.39 is 10.8 Å². The van der Waals surface area contributed by atoms with Gasteiger partial charge in [-0.3, -0.25) is 20.2 Å². The van der Waals surface area contributed by atoms with E-state index in [9.17, 15) is 14.9 Å². The molecular formula is C15H17N3O5. The Morgan fingerprint density at radius 2 is 2.00 bits per heavy atom. The summed E-state index contributed by atoms with van der Waals surface area (Å²) >= 11 is 0. The monoisotopic (exact) mass is 319 g/mol. The number of amides is 1. The minimum atomic E-state index is -0.507. The molecule has 1 heterocycles.